The highest BCUT2D eigenvalue weighted by molar-refractivity contribution is 5.77. The van der Waals surface area contributed by atoms with Crippen LogP contribution in [0.1, 0.15) is 46.5 Å². The molecule has 0 saturated carbocycles. The molecule has 2 heterocycles. The Balaban J connectivity index is 1.98. The highest BCUT2D eigenvalue weighted by Crippen LogP contribution is 2.25. The number of carbonyl (C=O) groups is 1. The molecule has 2 atom stereocenters. The molecule has 2 rings (SSSR count). The van der Waals surface area contributed by atoms with Gasteiger partial charge in [-0.25, -0.2) is 0 Å². The number of piperidine rings is 1. The average Bonchev–Trinajstić information content (AvgIpc) is 2.25. The van der Waals surface area contributed by atoms with Crippen molar-refractivity contribution in [3.63, 3.8) is 0 Å². The monoisotopic (exact) mass is 253 g/mol. The van der Waals surface area contributed by atoms with Gasteiger partial charge in [0.05, 0.1) is 0 Å². The van der Waals surface area contributed by atoms with E-state index in [0.29, 0.717) is 18.5 Å². The number of hydrogen-bond acceptors (Lipinski definition) is 3. The number of carbonyl (C=O) groups excluding carboxylic acids is 1. The molecule has 2 unspecified atom stereocenters. The molecule has 2 fully saturated rings. The Morgan fingerprint density at radius 3 is 2.72 bits per heavy atom. The van der Waals surface area contributed by atoms with Gasteiger partial charge in [-0.2, -0.15) is 0 Å². The Kier molecular flexibility index (Phi) is 3.97. The van der Waals surface area contributed by atoms with E-state index in [1.54, 1.807) is 0 Å². The molecule has 104 valence electrons. The first-order valence-electron chi connectivity index (χ1n) is 7.19. The molecule has 2 aliphatic rings. The third-order valence-electron chi connectivity index (χ3n) is 4.11. The van der Waals surface area contributed by atoms with E-state index in [2.05, 4.69) is 16.7 Å². The molecule has 0 bridgehead atoms. The van der Waals surface area contributed by atoms with Crippen LogP contribution in [0.15, 0.2) is 0 Å². The molecule has 0 radical (unpaired) electrons. The minimum atomic E-state index is -0.402. The van der Waals surface area contributed by atoms with Crippen LogP contribution in [0.3, 0.4) is 0 Å². The van der Waals surface area contributed by atoms with Crippen molar-refractivity contribution in [2.45, 2.75) is 64.1 Å². The molecule has 0 aliphatic carbocycles. The summed E-state index contributed by atoms with van der Waals surface area (Å²) in [6.07, 6.45) is 4.31. The fraction of sp³-hybridized carbons (Fsp3) is 0.929. The van der Waals surface area contributed by atoms with E-state index in [9.17, 15) is 4.79 Å². The van der Waals surface area contributed by atoms with Crippen LogP contribution in [-0.4, -0.2) is 53.0 Å². The first-order chi connectivity index (χ1) is 8.37. The molecule has 0 spiro atoms. The van der Waals surface area contributed by atoms with Crippen LogP contribution in [0.25, 0.3) is 0 Å². The third-order valence-corrected chi connectivity index (χ3v) is 4.11. The lowest BCUT2D eigenvalue weighted by Gasteiger charge is -2.48. The minimum Gasteiger partial charge on any atom is -0.337 e. The van der Waals surface area contributed by atoms with Crippen molar-refractivity contribution in [1.82, 2.24) is 9.80 Å². The maximum atomic E-state index is 12.3. The molecular weight excluding hydrogens is 226 g/mol. The third kappa shape index (κ3) is 3.23. The van der Waals surface area contributed by atoms with Crippen molar-refractivity contribution in [3.05, 3.63) is 0 Å². The molecule has 1 amide bonds. The van der Waals surface area contributed by atoms with Crippen LogP contribution in [0.4, 0.5) is 0 Å². The number of nitrogens with zero attached hydrogens (tertiary/aromatic N) is 2. The molecule has 18 heavy (non-hydrogen) atoms. The van der Waals surface area contributed by atoms with Gasteiger partial charge in [-0.3, -0.25) is 9.69 Å². The maximum Gasteiger partial charge on any atom is 0.224 e. The van der Waals surface area contributed by atoms with Gasteiger partial charge in [-0.1, -0.05) is 6.42 Å². The Morgan fingerprint density at radius 1 is 1.33 bits per heavy atom. The zero-order valence-electron chi connectivity index (χ0n) is 12.0. The molecule has 2 aliphatic heterocycles. The molecule has 2 N–H and O–H groups in total. The Hall–Kier alpha value is -0.610. The zero-order chi connectivity index (χ0) is 13.3. The Labute approximate surface area is 110 Å². The van der Waals surface area contributed by atoms with Crippen molar-refractivity contribution in [2.24, 2.45) is 5.73 Å². The Morgan fingerprint density at radius 2 is 2.06 bits per heavy atom. The lowest BCUT2D eigenvalue weighted by molar-refractivity contribution is -0.139. The lowest BCUT2D eigenvalue weighted by atomic mass is 9.95. The second-order valence-electron chi connectivity index (χ2n) is 6.71. The molecule has 4 heteroatoms. The van der Waals surface area contributed by atoms with Crippen LogP contribution in [0.5, 0.6) is 0 Å². The van der Waals surface area contributed by atoms with Gasteiger partial charge >= 0.3 is 0 Å². The summed E-state index contributed by atoms with van der Waals surface area (Å²) in [7, 11) is 0. The van der Waals surface area contributed by atoms with Crippen molar-refractivity contribution in [3.8, 4) is 0 Å². The second-order valence-corrected chi connectivity index (χ2v) is 6.71. The highest BCUT2D eigenvalue weighted by Gasteiger charge is 2.35. The van der Waals surface area contributed by atoms with Crippen LogP contribution in [0, 0.1) is 0 Å². The number of rotatable bonds is 2. The van der Waals surface area contributed by atoms with Crippen molar-refractivity contribution < 1.29 is 4.79 Å². The van der Waals surface area contributed by atoms with Crippen LogP contribution < -0.4 is 5.73 Å². The Bertz CT molecular complexity index is 311. The van der Waals surface area contributed by atoms with Gasteiger partial charge in [0, 0.05) is 37.1 Å². The summed E-state index contributed by atoms with van der Waals surface area (Å²) in [5.41, 5.74) is 5.56. The van der Waals surface area contributed by atoms with Crippen molar-refractivity contribution >= 4 is 5.91 Å². The highest BCUT2D eigenvalue weighted by atomic mass is 16.2. The fourth-order valence-electron chi connectivity index (χ4n) is 3.19. The van der Waals surface area contributed by atoms with Crippen LogP contribution >= 0.6 is 0 Å². The second kappa shape index (κ2) is 5.17. The summed E-state index contributed by atoms with van der Waals surface area (Å²) in [6.45, 7) is 9.14. The summed E-state index contributed by atoms with van der Waals surface area (Å²) in [4.78, 5) is 16.9. The van der Waals surface area contributed by atoms with Gasteiger partial charge in [0.1, 0.15) is 0 Å². The van der Waals surface area contributed by atoms with Gasteiger partial charge in [0.2, 0.25) is 5.91 Å². The van der Waals surface area contributed by atoms with Crippen LogP contribution in [-0.2, 0) is 4.79 Å². The first kappa shape index (κ1) is 13.8. The SMILES string of the molecule is CC1CN2CCCCC2CN1C(=O)CC(C)(C)N. The molecular formula is C14H27N3O. The molecule has 0 aromatic heterocycles. The predicted octanol–water partition coefficient (Wildman–Crippen LogP) is 1.20. The number of hydrogen-bond donors (Lipinski definition) is 1. The van der Waals surface area contributed by atoms with Crippen LogP contribution in [0.2, 0.25) is 0 Å². The van der Waals surface area contributed by atoms with Gasteiger partial charge < -0.3 is 10.6 Å². The smallest absolute Gasteiger partial charge is 0.224 e. The standard InChI is InChI=1S/C14H27N3O/c1-11-9-16-7-5-4-6-12(16)10-17(11)13(18)8-14(2,3)15/h11-12H,4-10,15H2,1-3H3. The first-order valence-corrected chi connectivity index (χ1v) is 7.19. The summed E-state index contributed by atoms with van der Waals surface area (Å²) in [5.74, 6) is 0.222. The summed E-state index contributed by atoms with van der Waals surface area (Å²) >= 11 is 0. The number of amides is 1. The van der Waals surface area contributed by atoms with Crippen molar-refractivity contribution in [1.29, 1.82) is 0 Å². The summed E-state index contributed by atoms with van der Waals surface area (Å²) in [6, 6.07) is 0.911. The maximum absolute atomic E-state index is 12.3. The molecule has 2 saturated heterocycles. The van der Waals surface area contributed by atoms with Gasteiger partial charge in [-0.05, 0) is 40.2 Å². The largest absolute Gasteiger partial charge is 0.337 e. The van der Waals surface area contributed by atoms with E-state index in [1.807, 2.05) is 13.8 Å². The number of nitrogens with two attached hydrogens (primary N) is 1. The predicted molar refractivity (Wildman–Crippen MR) is 73.3 cm³/mol. The van der Waals surface area contributed by atoms with E-state index in [0.717, 1.165) is 13.1 Å². The van der Waals surface area contributed by atoms with Gasteiger partial charge in [-0.15, -0.1) is 0 Å². The van der Waals surface area contributed by atoms with E-state index >= 15 is 0 Å². The van der Waals surface area contributed by atoms with E-state index < -0.39 is 5.54 Å². The topological polar surface area (TPSA) is 49.6 Å². The van der Waals surface area contributed by atoms with Gasteiger partial charge in [0.25, 0.3) is 0 Å². The summed E-state index contributed by atoms with van der Waals surface area (Å²) in [5, 5.41) is 0. The number of fused-ring (bicyclic) bond motifs is 1. The van der Waals surface area contributed by atoms with E-state index in [-0.39, 0.29) is 5.91 Å². The number of piperazine rings is 1. The zero-order valence-corrected chi connectivity index (χ0v) is 12.0. The molecule has 0 aromatic carbocycles. The van der Waals surface area contributed by atoms with E-state index in [1.165, 1.54) is 25.8 Å². The lowest BCUT2D eigenvalue weighted by Crippen LogP contribution is -2.60. The van der Waals surface area contributed by atoms with Gasteiger partial charge in [0.15, 0.2) is 0 Å². The van der Waals surface area contributed by atoms with Crippen molar-refractivity contribution in [2.75, 3.05) is 19.6 Å². The molecule has 4 nitrogen and oxygen atoms in total. The normalized spacial score (nSPS) is 30.1. The summed E-state index contributed by atoms with van der Waals surface area (Å²) < 4.78 is 0. The molecule has 0 aromatic rings. The van der Waals surface area contributed by atoms with E-state index in [4.69, 9.17) is 5.73 Å². The average molecular weight is 253 g/mol. The minimum absolute atomic E-state index is 0.222. The fourth-order valence-corrected chi connectivity index (χ4v) is 3.19. The quantitative estimate of drug-likeness (QED) is 0.804.